The molecule has 47 heavy (non-hydrogen) atoms. The quantitative estimate of drug-likeness (QED) is 0.0811. The number of aliphatic hydroxyl groups excluding tert-OH is 4. The van der Waals surface area contributed by atoms with Gasteiger partial charge in [0.2, 0.25) is 0 Å². The second kappa shape index (κ2) is 19.6. The van der Waals surface area contributed by atoms with Gasteiger partial charge < -0.3 is 45.6 Å². The number of aliphatic hydroxyl groups is 4. The predicted molar refractivity (Wildman–Crippen MR) is 171 cm³/mol. The zero-order valence-electron chi connectivity index (χ0n) is 26.2. The van der Waals surface area contributed by atoms with Crippen LogP contribution in [0.25, 0.3) is 0 Å². The molecule has 0 spiro atoms. The maximum Gasteiger partial charge on any atom is 0.488 e. The third-order valence-electron chi connectivity index (χ3n) is 7.00. The highest BCUT2D eigenvalue weighted by atomic mass is 32.2. The SMILES string of the molecule is CCCCCCCCCN1C[C@H](O)[C@@H](O)[C@H](O)[C@H]1CO.CP(=O)(O)OP(=O)(O)OP(=O)(O)OC[C@@H]1O[C@H](n2ccc(N)nc2=O)CS1. The van der Waals surface area contributed by atoms with Crippen LogP contribution >= 0.6 is 35.0 Å². The Morgan fingerprint density at radius 1 is 1.02 bits per heavy atom. The summed E-state index contributed by atoms with van der Waals surface area (Å²) < 4.78 is 53.0. The molecule has 19 nitrogen and oxygen atoms in total. The van der Waals surface area contributed by atoms with Gasteiger partial charge in [0.15, 0.2) is 0 Å². The van der Waals surface area contributed by atoms with Crippen LogP contribution < -0.4 is 11.4 Å². The standard InChI is InChI=1S/C15H31NO4.C9H16N3O11P3S/c1-2-3-4-5-6-7-8-9-16-10-13(18)15(20)14(19)12(16)11-17;1-24(14,15)22-26(18,19)23-25(16,17)20-4-8-21-7(5-27-8)12-3-2-6(10)11-9(12)13/h12-15,17-20H,2-11H2,1H3;2-3,7-8H,4-5H2,1H3,(H,14,15)(H,16,17)(H,18,19)(H2,10,11,13)/t12-,13+,14-,15-;7-,8+/m10/s1. The molecule has 0 saturated carbocycles. The van der Waals surface area contributed by atoms with Crippen LogP contribution in [0, 0.1) is 0 Å². The Morgan fingerprint density at radius 3 is 2.26 bits per heavy atom. The zero-order chi connectivity index (χ0) is 35.4. The Kier molecular flexibility index (Phi) is 17.7. The van der Waals surface area contributed by atoms with Gasteiger partial charge in [-0.15, -0.1) is 11.8 Å². The molecule has 2 fully saturated rings. The van der Waals surface area contributed by atoms with Crippen molar-refractivity contribution in [3.63, 3.8) is 0 Å². The number of unbranched alkanes of at least 4 members (excludes halogenated alkanes) is 6. The van der Waals surface area contributed by atoms with Gasteiger partial charge in [0.25, 0.3) is 0 Å². The Labute approximate surface area is 276 Å². The number of likely N-dealkylation sites (tertiary alicyclic amines) is 1. The predicted octanol–water partition coefficient (Wildman–Crippen LogP) is 0.976. The van der Waals surface area contributed by atoms with Crippen LogP contribution in [0.1, 0.15) is 58.1 Å². The number of phosphoric acid groups is 2. The number of piperidine rings is 1. The van der Waals surface area contributed by atoms with Crippen LogP contribution in [0.3, 0.4) is 0 Å². The molecular formula is C24H47N4O15P3S. The summed E-state index contributed by atoms with van der Waals surface area (Å²) in [6.45, 7) is 3.10. The second-order valence-corrected chi connectivity index (χ2v) is 17.2. The van der Waals surface area contributed by atoms with Gasteiger partial charge in [-0.1, -0.05) is 45.4 Å². The van der Waals surface area contributed by atoms with Crippen molar-refractivity contribution in [2.24, 2.45) is 0 Å². The fourth-order valence-electron chi connectivity index (χ4n) is 4.74. The Balaban J connectivity index is 0.000000343. The summed E-state index contributed by atoms with van der Waals surface area (Å²) in [6, 6.07) is 0.926. The minimum absolute atomic E-state index is 0.0373. The minimum atomic E-state index is -5.33. The van der Waals surface area contributed by atoms with Gasteiger partial charge in [0, 0.05) is 25.2 Å². The zero-order valence-corrected chi connectivity index (χ0v) is 29.7. The Morgan fingerprint density at radius 2 is 1.66 bits per heavy atom. The molecule has 3 unspecified atom stereocenters. The lowest BCUT2D eigenvalue weighted by molar-refractivity contribution is -0.145. The third kappa shape index (κ3) is 15.3. The molecule has 0 radical (unpaired) electrons. The minimum Gasteiger partial charge on any atom is -0.395 e. The molecule has 2 aliphatic heterocycles. The van der Waals surface area contributed by atoms with E-state index in [9.17, 15) is 48.7 Å². The first-order valence-corrected chi connectivity index (χ1v) is 21.0. The van der Waals surface area contributed by atoms with Gasteiger partial charge in [0.1, 0.15) is 29.7 Å². The van der Waals surface area contributed by atoms with Gasteiger partial charge in [-0.3, -0.25) is 18.6 Å². The summed E-state index contributed by atoms with van der Waals surface area (Å²) >= 11 is 1.13. The number of nitrogens with two attached hydrogens (primary N) is 1. The molecule has 3 heterocycles. The number of ether oxygens (including phenoxy) is 1. The largest absolute Gasteiger partial charge is 0.488 e. The van der Waals surface area contributed by atoms with E-state index in [0.717, 1.165) is 35.7 Å². The maximum absolute atomic E-state index is 11.8. The van der Waals surface area contributed by atoms with Crippen molar-refractivity contribution in [2.45, 2.75) is 87.9 Å². The third-order valence-corrected chi connectivity index (χ3v) is 12.3. The number of hydrogen-bond donors (Lipinski definition) is 8. The van der Waals surface area contributed by atoms with E-state index in [2.05, 4.69) is 25.1 Å². The Bertz CT molecular complexity index is 1310. The monoisotopic (exact) mass is 756 g/mol. The summed E-state index contributed by atoms with van der Waals surface area (Å²) in [5.41, 5.74) is 3.92. The van der Waals surface area contributed by atoms with E-state index in [4.69, 9.17) is 15.4 Å². The van der Waals surface area contributed by atoms with Gasteiger partial charge in [-0.05, 0) is 19.0 Å². The van der Waals surface area contributed by atoms with E-state index < -0.39 is 71.6 Å². The summed E-state index contributed by atoms with van der Waals surface area (Å²) in [5, 5.41) is 38.5. The van der Waals surface area contributed by atoms with Crippen LogP contribution in [-0.4, -0.2) is 118 Å². The summed E-state index contributed by atoms with van der Waals surface area (Å²) in [5.74, 6) is 0.316. The van der Waals surface area contributed by atoms with Crippen LogP contribution in [0.15, 0.2) is 17.1 Å². The van der Waals surface area contributed by atoms with Gasteiger partial charge in [-0.2, -0.15) is 9.29 Å². The number of nitrogen functional groups attached to an aromatic ring is 1. The number of β-amino-alcohol motifs (C(OH)–C–C–N with tert-alkyl or cyclic N) is 1. The van der Waals surface area contributed by atoms with Crippen molar-refractivity contribution in [3.8, 4) is 0 Å². The average molecular weight is 757 g/mol. The van der Waals surface area contributed by atoms with Crippen LogP contribution in [0.4, 0.5) is 5.82 Å². The molecule has 1 aromatic heterocycles. The molecular weight excluding hydrogens is 709 g/mol. The van der Waals surface area contributed by atoms with Crippen LogP contribution in [-0.2, 0) is 31.6 Å². The first-order chi connectivity index (χ1) is 21.9. The highest BCUT2D eigenvalue weighted by molar-refractivity contribution is 8.00. The van der Waals surface area contributed by atoms with Crippen molar-refractivity contribution in [1.29, 1.82) is 0 Å². The molecule has 0 aromatic carbocycles. The van der Waals surface area contributed by atoms with Crippen molar-refractivity contribution < 1.29 is 66.7 Å². The first kappa shape index (κ1) is 42.4. The molecule has 3 rings (SSSR count). The number of aromatic nitrogens is 2. The molecule has 0 bridgehead atoms. The van der Waals surface area contributed by atoms with Gasteiger partial charge >= 0.3 is 28.9 Å². The molecule has 274 valence electrons. The van der Waals surface area contributed by atoms with E-state index >= 15 is 0 Å². The fraction of sp³-hybridized carbons (Fsp3) is 0.833. The molecule has 2 aliphatic rings. The molecule has 0 amide bonds. The number of nitrogens with zero attached hydrogens (tertiary/aromatic N) is 3. The van der Waals surface area contributed by atoms with Gasteiger partial charge in [-0.25, -0.2) is 18.2 Å². The van der Waals surface area contributed by atoms with Crippen LogP contribution in [0.2, 0.25) is 0 Å². The van der Waals surface area contributed by atoms with Gasteiger partial charge in [0.05, 0.1) is 25.4 Å². The normalized spacial score (nSPS) is 28.9. The molecule has 0 aliphatic carbocycles. The van der Waals surface area contributed by atoms with Crippen molar-refractivity contribution >= 4 is 40.8 Å². The van der Waals surface area contributed by atoms with E-state index in [1.165, 1.54) is 44.4 Å². The average Bonchev–Trinajstić information content (AvgIpc) is 3.42. The molecule has 1 aromatic rings. The highest BCUT2D eigenvalue weighted by Gasteiger charge is 2.41. The lowest BCUT2D eigenvalue weighted by atomic mass is 9.94. The van der Waals surface area contributed by atoms with Crippen molar-refractivity contribution in [2.75, 3.05) is 44.5 Å². The molecule has 2 saturated heterocycles. The molecule has 9 atom stereocenters. The van der Waals surface area contributed by atoms with E-state index in [0.29, 0.717) is 13.2 Å². The second-order valence-electron chi connectivity index (χ2n) is 11.0. The number of thioether (sulfide) groups is 1. The lowest BCUT2D eigenvalue weighted by Gasteiger charge is -2.43. The fourth-order valence-corrected chi connectivity index (χ4v) is 9.31. The van der Waals surface area contributed by atoms with Crippen molar-refractivity contribution in [3.05, 3.63) is 22.7 Å². The maximum atomic E-state index is 11.8. The topological polar surface area (TPSA) is 294 Å². The number of rotatable bonds is 17. The Hall–Kier alpha value is -0.760. The molecule has 9 N–H and O–H groups in total. The summed E-state index contributed by atoms with van der Waals surface area (Å²) in [6.07, 6.45) is 5.93. The van der Waals surface area contributed by atoms with Crippen LogP contribution in [0.5, 0.6) is 0 Å². The van der Waals surface area contributed by atoms with Crippen molar-refractivity contribution in [1.82, 2.24) is 14.5 Å². The summed E-state index contributed by atoms with van der Waals surface area (Å²) in [7, 11) is -14.9. The number of anilines is 1. The smallest absolute Gasteiger partial charge is 0.395 e. The first-order valence-electron chi connectivity index (χ1n) is 14.9. The van der Waals surface area contributed by atoms with E-state index in [1.807, 2.05) is 4.90 Å². The number of hydrogen-bond acceptors (Lipinski definition) is 16. The highest BCUT2D eigenvalue weighted by Crippen LogP contribution is 2.66. The van der Waals surface area contributed by atoms with E-state index in [1.54, 1.807) is 0 Å². The number of phosphoric ester groups is 1. The molecule has 23 heteroatoms. The lowest BCUT2D eigenvalue weighted by Crippen LogP contribution is -2.62. The van der Waals surface area contributed by atoms with E-state index in [-0.39, 0.29) is 18.2 Å². The summed E-state index contributed by atoms with van der Waals surface area (Å²) in [4.78, 5) is 44.7.